The lowest BCUT2D eigenvalue weighted by Gasteiger charge is -2.29. The molecule has 0 fully saturated rings. The fourth-order valence-corrected chi connectivity index (χ4v) is 3.29. The molecular weight excluding hydrogens is 399 g/mol. The molecular formula is C24H21FN2O4. The number of hydrogen-bond acceptors (Lipinski definition) is 4. The van der Waals surface area contributed by atoms with E-state index < -0.39 is 5.82 Å². The fourth-order valence-electron chi connectivity index (χ4n) is 3.29. The third-order valence-electron chi connectivity index (χ3n) is 4.84. The van der Waals surface area contributed by atoms with Gasteiger partial charge in [0, 0.05) is 17.3 Å². The van der Waals surface area contributed by atoms with Gasteiger partial charge in [-0.3, -0.25) is 9.59 Å². The quantitative estimate of drug-likeness (QED) is 0.649. The highest BCUT2D eigenvalue weighted by Crippen LogP contribution is 2.34. The van der Waals surface area contributed by atoms with E-state index in [1.54, 1.807) is 23.1 Å². The van der Waals surface area contributed by atoms with Gasteiger partial charge in [0.25, 0.3) is 11.8 Å². The molecule has 0 aromatic heterocycles. The van der Waals surface area contributed by atoms with Crippen molar-refractivity contribution in [2.24, 2.45) is 0 Å². The Morgan fingerprint density at radius 1 is 1.13 bits per heavy atom. The Bertz CT molecular complexity index is 1110. The predicted molar refractivity (Wildman–Crippen MR) is 115 cm³/mol. The second-order valence-electron chi connectivity index (χ2n) is 7.14. The topological polar surface area (TPSA) is 67.9 Å². The van der Waals surface area contributed by atoms with Crippen molar-refractivity contribution >= 4 is 23.2 Å². The summed E-state index contributed by atoms with van der Waals surface area (Å²) in [5.74, 6) is 0.306. The first-order chi connectivity index (χ1) is 15.0. The number of anilines is 2. The highest BCUT2D eigenvalue weighted by atomic mass is 19.1. The highest BCUT2D eigenvalue weighted by Gasteiger charge is 2.26. The van der Waals surface area contributed by atoms with Gasteiger partial charge in [-0.25, -0.2) is 4.39 Å². The Labute approximate surface area is 179 Å². The largest absolute Gasteiger partial charge is 0.492 e. The third kappa shape index (κ3) is 4.83. The van der Waals surface area contributed by atoms with E-state index in [4.69, 9.17) is 9.47 Å². The van der Waals surface area contributed by atoms with Gasteiger partial charge in [-0.1, -0.05) is 12.1 Å². The van der Waals surface area contributed by atoms with E-state index in [-0.39, 0.29) is 18.4 Å². The van der Waals surface area contributed by atoms with Crippen LogP contribution in [0.25, 0.3) is 0 Å². The maximum Gasteiger partial charge on any atom is 0.265 e. The summed E-state index contributed by atoms with van der Waals surface area (Å²) in [6, 6.07) is 18.1. The van der Waals surface area contributed by atoms with E-state index in [0.717, 1.165) is 11.3 Å². The molecule has 0 atom stereocenters. The minimum absolute atomic E-state index is 0.0905. The molecule has 1 aliphatic heterocycles. The number of halogens is 1. The van der Waals surface area contributed by atoms with Gasteiger partial charge < -0.3 is 19.7 Å². The average molecular weight is 420 g/mol. The lowest BCUT2D eigenvalue weighted by molar-refractivity contribution is -0.121. The van der Waals surface area contributed by atoms with E-state index in [2.05, 4.69) is 5.32 Å². The molecule has 158 valence electrons. The number of fused-ring (bicyclic) bond motifs is 1. The first kappa shape index (κ1) is 20.4. The van der Waals surface area contributed by atoms with Gasteiger partial charge in [-0.2, -0.15) is 0 Å². The number of nitrogens with zero attached hydrogens (tertiary/aromatic N) is 1. The minimum atomic E-state index is -0.408. The number of rotatable bonds is 6. The number of nitrogens with one attached hydrogen (secondary N) is 1. The van der Waals surface area contributed by atoms with Crippen molar-refractivity contribution in [2.75, 3.05) is 30.0 Å². The molecule has 3 aromatic carbocycles. The summed E-state index contributed by atoms with van der Waals surface area (Å²) >= 11 is 0. The zero-order valence-electron chi connectivity index (χ0n) is 16.9. The van der Waals surface area contributed by atoms with Gasteiger partial charge >= 0.3 is 0 Å². The fraction of sp³-hybridized carbons (Fsp3) is 0.167. The van der Waals surface area contributed by atoms with Crippen molar-refractivity contribution in [3.63, 3.8) is 0 Å². The summed E-state index contributed by atoms with van der Waals surface area (Å²) in [6.07, 6.45) is 0. The van der Waals surface area contributed by atoms with Crippen LogP contribution < -0.4 is 19.7 Å². The van der Waals surface area contributed by atoms with Crippen LogP contribution in [0.5, 0.6) is 11.5 Å². The third-order valence-corrected chi connectivity index (χ3v) is 4.84. The smallest absolute Gasteiger partial charge is 0.265 e. The second kappa shape index (κ2) is 8.87. The predicted octanol–water partition coefficient (Wildman–Crippen LogP) is 4.19. The molecule has 4 rings (SSSR count). The van der Waals surface area contributed by atoms with Crippen molar-refractivity contribution < 1.29 is 23.5 Å². The first-order valence-corrected chi connectivity index (χ1v) is 9.83. The van der Waals surface area contributed by atoms with Crippen LogP contribution >= 0.6 is 0 Å². The van der Waals surface area contributed by atoms with E-state index in [1.807, 2.05) is 31.2 Å². The minimum Gasteiger partial charge on any atom is -0.492 e. The van der Waals surface area contributed by atoms with Gasteiger partial charge in [-0.05, 0) is 61.0 Å². The van der Waals surface area contributed by atoms with Crippen LogP contribution in [0.15, 0.2) is 66.7 Å². The monoisotopic (exact) mass is 420 g/mol. The van der Waals surface area contributed by atoms with Crippen molar-refractivity contribution in [3.8, 4) is 11.5 Å². The van der Waals surface area contributed by atoms with Crippen molar-refractivity contribution in [3.05, 3.63) is 83.7 Å². The summed E-state index contributed by atoms with van der Waals surface area (Å²) in [7, 11) is 0. The SMILES string of the molecule is Cc1cccc(OCCN2C(=O)COc3cc(NC(=O)c4ccc(F)cc4)ccc32)c1. The van der Waals surface area contributed by atoms with Crippen molar-refractivity contribution in [1.29, 1.82) is 0 Å². The van der Waals surface area contributed by atoms with Gasteiger partial charge in [-0.15, -0.1) is 0 Å². The van der Waals surface area contributed by atoms with Crippen molar-refractivity contribution in [2.45, 2.75) is 6.92 Å². The van der Waals surface area contributed by atoms with Crippen LogP contribution in [0.4, 0.5) is 15.8 Å². The van der Waals surface area contributed by atoms with Gasteiger partial charge in [0.05, 0.1) is 12.2 Å². The second-order valence-corrected chi connectivity index (χ2v) is 7.14. The Balaban J connectivity index is 1.43. The number of carbonyl (C=O) groups excluding carboxylic acids is 2. The summed E-state index contributed by atoms with van der Waals surface area (Å²) in [5, 5.41) is 2.75. The molecule has 0 saturated heterocycles. The van der Waals surface area contributed by atoms with Crippen LogP contribution in [-0.2, 0) is 4.79 Å². The Hall–Kier alpha value is -3.87. The molecule has 1 N–H and O–H groups in total. The Morgan fingerprint density at radius 2 is 1.94 bits per heavy atom. The van der Waals surface area contributed by atoms with Crippen LogP contribution in [-0.4, -0.2) is 31.6 Å². The number of carbonyl (C=O) groups is 2. The number of ether oxygens (including phenoxy) is 2. The van der Waals surface area contributed by atoms with Gasteiger partial charge in [0.1, 0.15) is 23.9 Å². The number of hydrogen-bond donors (Lipinski definition) is 1. The van der Waals surface area contributed by atoms with Gasteiger partial charge in [0.2, 0.25) is 0 Å². The maximum absolute atomic E-state index is 13.0. The molecule has 2 amide bonds. The lowest BCUT2D eigenvalue weighted by atomic mass is 10.2. The molecule has 0 saturated carbocycles. The molecule has 7 heteroatoms. The zero-order valence-corrected chi connectivity index (χ0v) is 16.9. The lowest BCUT2D eigenvalue weighted by Crippen LogP contribution is -2.41. The standard InChI is InChI=1S/C24H21FN2O4/c1-16-3-2-4-20(13-16)30-12-11-27-21-10-9-19(14-22(21)31-15-23(27)28)26-24(29)17-5-7-18(25)8-6-17/h2-10,13-14H,11-12,15H2,1H3,(H,26,29). The molecule has 0 aliphatic carbocycles. The molecule has 1 heterocycles. The first-order valence-electron chi connectivity index (χ1n) is 9.83. The molecule has 6 nitrogen and oxygen atoms in total. The highest BCUT2D eigenvalue weighted by molar-refractivity contribution is 6.05. The normalized spacial score (nSPS) is 12.7. The summed E-state index contributed by atoms with van der Waals surface area (Å²) in [4.78, 5) is 26.3. The molecule has 1 aliphatic rings. The number of amides is 2. The molecule has 31 heavy (non-hydrogen) atoms. The maximum atomic E-state index is 13.0. The van der Waals surface area contributed by atoms with Crippen LogP contribution in [0.1, 0.15) is 15.9 Å². The van der Waals surface area contributed by atoms with Crippen LogP contribution in [0, 0.1) is 12.7 Å². The van der Waals surface area contributed by atoms with E-state index in [0.29, 0.717) is 35.8 Å². The van der Waals surface area contributed by atoms with Gasteiger partial charge in [0.15, 0.2) is 6.61 Å². The van der Waals surface area contributed by atoms with E-state index >= 15 is 0 Å². The van der Waals surface area contributed by atoms with Crippen molar-refractivity contribution in [1.82, 2.24) is 0 Å². The van der Waals surface area contributed by atoms with E-state index in [9.17, 15) is 14.0 Å². The summed E-state index contributed by atoms with van der Waals surface area (Å²) in [5.41, 5.74) is 2.56. The Morgan fingerprint density at radius 3 is 2.71 bits per heavy atom. The van der Waals surface area contributed by atoms with E-state index in [1.165, 1.54) is 24.3 Å². The van der Waals surface area contributed by atoms with Crippen LogP contribution in [0.3, 0.4) is 0 Å². The average Bonchev–Trinajstić information content (AvgIpc) is 2.76. The number of aryl methyl sites for hydroxylation is 1. The molecule has 0 radical (unpaired) electrons. The molecule has 0 unspecified atom stereocenters. The Kier molecular flexibility index (Phi) is 5.84. The van der Waals surface area contributed by atoms with Crippen LogP contribution in [0.2, 0.25) is 0 Å². The molecule has 0 bridgehead atoms. The molecule has 0 spiro atoms. The molecule has 3 aromatic rings. The number of benzene rings is 3. The summed E-state index contributed by atoms with van der Waals surface area (Å²) in [6.45, 7) is 2.59. The zero-order chi connectivity index (χ0) is 21.8. The summed E-state index contributed by atoms with van der Waals surface area (Å²) < 4.78 is 24.4.